The molecule has 17 heavy (non-hydrogen) atoms. The molecule has 0 spiro atoms. The molecule has 0 aliphatic rings. The van der Waals surface area contributed by atoms with Gasteiger partial charge in [-0.2, -0.15) is 0 Å². The molecule has 0 bridgehead atoms. The summed E-state index contributed by atoms with van der Waals surface area (Å²) in [7, 11) is 0. The Kier molecular flexibility index (Phi) is 6.06. The molecule has 0 atom stereocenters. The first-order valence-corrected chi connectivity index (χ1v) is 6.67. The highest BCUT2D eigenvalue weighted by Crippen LogP contribution is 2.21. The minimum Gasteiger partial charge on any atom is -0.383 e. The van der Waals surface area contributed by atoms with Gasteiger partial charge in [-0.25, -0.2) is 0 Å². The van der Waals surface area contributed by atoms with Crippen LogP contribution >= 0.6 is 0 Å². The summed E-state index contributed by atoms with van der Waals surface area (Å²) in [6, 6.07) is 4.47. The molecule has 2 N–H and O–H groups in total. The lowest BCUT2D eigenvalue weighted by Gasteiger charge is -2.14. The van der Waals surface area contributed by atoms with Crippen LogP contribution in [0, 0.1) is 20.8 Å². The second-order valence-corrected chi connectivity index (χ2v) is 4.80. The number of hydrogen-bond acceptors (Lipinski definition) is 2. The van der Waals surface area contributed by atoms with Gasteiger partial charge >= 0.3 is 0 Å². The largest absolute Gasteiger partial charge is 0.383 e. The van der Waals surface area contributed by atoms with Crippen molar-refractivity contribution in [3.05, 3.63) is 28.8 Å². The van der Waals surface area contributed by atoms with Crippen LogP contribution in [-0.4, -0.2) is 19.6 Å². The number of unbranched alkanes of at least 4 members (excludes halogenated alkanes) is 1. The predicted molar refractivity (Wildman–Crippen MR) is 76.9 cm³/mol. The quantitative estimate of drug-likeness (QED) is 0.706. The van der Waals surface area contributed by atoms with Gasteiger partial charge in [-0.15, -0.1) is 0 Å². The Morgan fingerprint density at radius 2 is 1.59 bits per heavy atom. The molecule has 1 rings (SSSR count). The maximum absolute atomic E-state index is 3.52. The zero-order valence-electron chi connectivity index (χ0n) is 11.7. The van der Waals surface area contributed by atoms with Gasteiger partial charge in [-0.05, 0) is 44.9 Å². The second-order valence-electron chi connectivity index (χ2n) is 4.80. The van der Waals surface area contributed by atoms with Gasteiger partial charge in [-0.1, -0.05) is 31.0 Å². The maximum atomic E-state index is 3.52. The topological polar surface area (TPSA) is 24.1 Å². The fraction of sp³-hybridized carbons (Fsp3) is 0.600. The van der Waals surface area contributed by atoms with Crippen molar-refractivity contribution >= 4 is 5.69 Å². The number of aryl methyl sites for hydroxylation is 3. The van der Waals surface area contributed by atoms with Crippen LogP contribution in [0.2, 0.25) is 0 Å². The molecule has 0 saturated carbocycles. The molecule has 0 aromatic heterocycles. The number of hydrogen-bond donors (Lipinski definition) is 2. The molecule has 1 aromatic carbocycles. The summed E-state index contributed by atoms with van der Waals surface area (Å²) in [4.78, 5) is 0. The first-order chi connectivity index (χ1) is 8.15. The van der Waals surface area contributed by atoms with E-state index in [2.05, 4.69) is 50.5 Å². The number of benzene rings is 1. The molecule has 0 aliphatic heterocycles. The second kappa shape index (κ2) is 7.33. The molecule has 2 heteroatoms. The van der Waals surface area contributed by atoms with Crippen LogP contribution in [0.5, 0.6) is 0 Å². The van der Waals surface area contributed by atoms with E-state index in [-0.39, 0.29) is 0 Å². The summed E-state index contributed by atoms with van der Waals surface area (Å²) in [5.74, 6) is 0. The molecule has 0 heterocycles. The van der Waals surface area contributed by atoms with E-state index in [1.807, 2.05) is 0 Å². The maximum Gasteiger partial charge on any atom is 0.0400 e. The van der Waals surface area contributed by atoms with E-state index in [4.69, 9.17) is 0 Å². The van der Waals surface area contributed by atoms with Crippen molar-refractivity contribution in [3.63, 3.8) is 0 Å². The van der Waals surface area contributed by atoms with E-state index in [1.165, 1.54) is 35.2 Å². The van der Waals surface area contributed by atoms with Crippen LogP contribution in [0.3, 0.4) is 0 Å². The minimum absolute atomic E-state index is 0.994. The monoisotopic (exact) mass is 234 g/mol. The van der Waals surface area contributed by atoms with Gasteiger partial charge in [0.1, 0.15) is 0 Å². The summed E-state index contributed by atoms with van der Waals surface area (Å²) in [6.07, 6.45) is 2.53. The van der Waals surface area contributed by atoms with Crippen LogP contribution in [0.4, 0.5) is 5.69 Å². The Labute approximate surface area is 106 Å². The molecule has 2 nitrogen and oxygen atoms in total. The summed E-state index contributed by atoms with van der Waals surface area (Å²) >= 11 is 0. The fourth-order valence-electron chi connectivity index (χ4n) is 2.16. The van der Waals surface area contributed by atoms with Crippen molar-refractivity contribution in [1.29, 1.82) is 0 Å². The van der Waals surface area contributed by atoms with Gasteiger partial charge in [0.2, 0.25) is 0 Å². The Balaban J connectivity index is 2.36. The summed E-state index contributed by atoms with van der Waals surface area (Å²) in [5.41, 5.74) is 5.33. The Morgan fingerprint density at radius 3 is 2.18 bits per heavy atom. The fourth-order valence-corrected chi connectivity index (χ4v) is 2.16. The van der Waals surface area contributed by atoms with Gasteiger partial charge < -0.3 is 10.6 Å². The van der Waals surface area contributed by atoms with Crippen molar-refractivity contribution in [2.75, 3.05) is 25.0 Å². The van der Waals surface area contributed by atoms with Crippen LogP contribution in [0.1, 0.15) is 36.5 Å². The van der Waals surface area contributed by atoms with E-state index in [9.17, 15) is 0 Å². The number of nitrogens with one attached hydrogen (secondary N) is 2. The highest BCUT2D eigenvalue weighted by Gasteiger charge is 2.02. The van der Waals surface area contributed by atoms with E-state index in [1.54, 1.807) is 0 Å². The first kappa shape index (κ1) is 14.0. The number of rotatable bonds is 7. The van der Waals surface area contributed by atoms with E-state index < -0.39 is 0 Å². The average molecular weight is 234 g/mol. The van der Waals surface area contributed by atoms with Crippen LogP contribution < -0.4 is 10.6 Å². The van der Waals surface area contributed by atoms with Gasteiger partial charge in [0, 0.05) is 18.8 Å². The predicted octanol–water partition coefficient (Wildman–Crippen LogP) is 3.41. The highest BCUT2D eigenvalue weighted by atomic mass is 14.9. The summed E-state index contributed by atoms with van der Waals surface area (Å²) < 4.78 is 0. The minimum atomic E-state index is 0.994. The Morgan fingerprint density at radius 1 is 0.941 bits per heavy atom. The molecule has 0 radical (unpaired) electrons. The van der Waals surface area contributed by atoms with Crippen molar-refractivity contribution in [3.8, 4) is 0 Å². The third kappa shape index (κ3) is 4.78. The molecule has 0 amide bonds. The van der Waals surface area contributed by atoms with E-state index in [0.717, 1.165) is 19.6 Å². The lowest BCUT2D eigenvalue weighted by molar-refractivity contribution is 0.652. The van der Waals surface area contributed by atoms with Crippen LogP contribution in [0.25, 0.3) is 0 Å². The first-order valence-electron chi connectivity index (χ1n) is 6.67. The van der Waals surface area contributed by atoms with Gasteiger partial charge in [0.05, 0.1) is 0 Å². The molecule has 96 valence electrons. The Bertz CT molecular complexity index is 322. The van der Waals surface area contributed by atoms with Crippen LogP contribution in [-0.2, 0) is 0 Å². The molecule has 0 fully saturated rings. The normalized spacial score (nSPS) is 10.6. The average Bonchev–Trinajstić information content (AvgIpc) is 2.26. The van der Waals surface area contributed by atoms with Gasteiger partial charge in [0.25, 0.3) is 0 Å². The molecule has 1 aromatic rings. The molecule has 0 aliphatic carbocycles. The van der Waals surface area contributed by atoms with Crippen LogP contribution in [0.15, 0.2) is 12.1 Å². The number of anilines is 1. The highest BCUT2D eigenvalue weighted by molar-refractivity contribution is 5.58. The van der Waals surface area contributed by atoms with Gasteiger partial charge in [0.15, 0.2) is 0 Å². The zero-order valence-corrected chi connectivity index (χ0v) is 11.7. The lowest BCUT2D eigenvalue weighted by Crippen LogP contribution is -2.23. The van der Waals surface area contributed by atoms with Crippen molar-refractivity contribution < 1.29 is 0 Å². The third-order valence-corrected chi connectivity index (χ3v) is 2.99. The summed E-state index contributed by atoms with van der Waals surface area (Å²) in [6.45, 7) is 11.9. The van der Waals surface area contributed by atoms with Crippen molar-refractivity contribution in [2.24, 2.45) is 0 Å². The molecular formula is C15H26N2. The standard InChI is InChI=1S/C15H26N2/c1-5-6-7-16-8-9-17-15-13(3)10-12(2)11-14(15)4/h10-11,16-17H,5-9H2,1-4H3. The Hall–Kier alpha value is -1.02. The molecular weight excluding hydrogens is 208 g/mol. The smallest absolute Gasteiger partial charge is 0.0400 e. The molecule has 0 unspecified atom stereocenters. The SMILES string of the molecule is CCCCNCCNc1c(C)cc(C)cc1C. The van der Waals surface area contributed by atoms with E-state index >= 15 is 0 Å². The van der Waals surface area contributed by atoms with Crippen molar-refractivity contribution in [1.82, 2.24) is 5.32 Å². The molecule has 0 saturated heterocycles. The lowest BCUT2D eigenvalue weighted by atomic mass is 10.1. The van der Waals surface area contributed by atoms with Crippen molar-refractivity contribution in [2.45, 2.75) is 40.5 Å². The van der Waals surface area contributed by atoms with Gasteiger partial charge in [-0.3, -0.25) is 0 Å². The zero-order chi connectivity index (χ0) is 12.7. The van der Waals surface area contributed by atoms with E-state index in [0.29, 0.717) is 0 Å². The third-order valence-electron chi connectivity index (χ3n) is 2.99. The summed E-state index contributed by atoms with van der Waals surface area (Å²) in [5, 5.41) is 6.97.